The lowest BCUT2D eigenvalue weighted by Gasteiger charge is -2.11. The fourth-order valence-electron chi connectivity index (χ4n) is 5.35. The maximum atomic E-state index is 12.6. The minimum absolute atomic E-state index is 0.0870. The Labute approximate surface area is 218 Å². The molecule has 0 radical (unpaired) electrons. The Kier molecular flexibility index (Phi) is 5.43. The first kappa shape index (κ1) is 22.4. The number of fused-ring (bicyclic) bond motifs is 2. The lowest BCUT2D eigenvalue weighted by molar-refractivity contribution is -0.119. The number of aromatic amines is 2. The van der Waals surface area contributed by atoms with Crippen LogP contribution in [0.4, 0.5) is 5.69 Å². The summed E-state index contributed by atoms with van der Waals surface area (Å²) in [5, 5.41) is 11.7. The third kappa shape index (κ3) is 4.00. The number of nitrogens with one attached hydrogen (secondary N) is 3. The van der Waals surface area contributed by atoms with E-state index < -0.39 is 0 Å². The summed E-state index contributed by atoms with van der Waals surface area (Å²) < 4.78 is 0. The summed E-state index contributed by atoms with van der Waals surface area (Å²) in [7, 11) is 0. The Morgan fingerprint density at radius 1 is 0.921 bits per heavy atom. The SMILES string of the molecule is O=C(Nc1cncc(-c2ccc3[nH]nc(-c4nc5c(-c6ccccn6)cccc5[nH]4)c3c2)c1)C1CCCC1. The summed E-state index contributed by atoms with van der Waals surface area (Å²) in [5.74, 6) is 0.872. The van der Waals surface area contributed by atoms with Crippen molar-refractivity contribution in [2.45, 2.75) is 25.7 Å². The van der Waals surface area contributed by atoms with Gasteiger partial charge in [-0.2, -0.15) is 5.10 Å². The molecule has 38 heavy (non-hydrogen) atoms. The number of anilines is 1. The molecule has 8 nitrogen and oxygen atoms in total. The number of H-pyrrole nitrogens is 2. The zero-order chi connectivity index (χ0) is 25.5. The van der Waals surface area contributed by atoms with Crippen LogP contribution in [0.15, 0.2) is 79.3 Å². The summed E-state index contributed by atoms with van der Waals surface area (Å²) in [6.45, 7) is 0. The molecule has 0 atom stereocenters. The van der Waals surface area contributed by atoms with Crippen molar-refractivity contribution in [3.05, 3.63) is 79.3 Å². The van der Waals surface area contributed by atoms with Gasteiger partial charge in [0.1, 0.15) is 5.69 Å². The van der Waals surface area contributed by atoms with Gasteiger partial charge in [0.25, 0.3) is 0 Å². The van der Waals surface area contributed by atoms with Gasteiger partial charge in [-0.05, 0) is 54.8 Å². The summed E-state index contributed by atoms with van der Waals surface area (Å²) >= 11 is 0. The monoisotopic (exact) mass is 499 g/mol. The molecule has 0 aliphatic heterocycles. The molecule has 186 valence electrons. The molecule has 4 aromatic heterocycles. The first-order valence-electron chi connectivity index (χ1n) is 12.9. The molecule has 1 amide bonds. The van der Waals surface area contributed by atoms with Crippen LogP contribution in [0.5, 0.6) is 0 Å². The van der Waals surface area contributed by atoms with Crippen LogP contribution < -0.4 is 5.32 Å². The first-order chi connectivity index (χ1) is 18.7. The van der Waals surface area contributed by atoms with Crippen molar-refractivity contribution >= 4 is 33.5 Å². The minimum Gasteiger partial charge on any atom is -0.337 e. The van der Waals surface area contributed by atoms with Gasteiger partial charge < -0.3 is 10.3 Å². The zero-order valence-electron chi connectivity index (χ0n) is 20.6. The second-order valence-electron chi connectivity index (χ2n) is 9.77. The summed E-state index contributed by atoms with van der Waals surface area (Å²) in [6.07, 6.45) is 9.47. The van der Waals surface area contributed by atoms with Crippen LogP contribution in [0.25, 0.3) is 55.8 Å². The van der Waals surface area contributed by atoms with E-state index >= 15 is 0 Å². The van der Waals surface area contributed by atoms with E-state index in [1.54, 1.807) is 12.4 Å². The number of aromatic nitrogens is 6. The van der Waals surface area contributed by atoms with Gasteiger partial charge in [-0.3, -0.25) is 19.9 Å². The Morgan fingerprint density at radius 3 is 2.71 bits per heavy atom. The van der Waals surface area contributed by atoms with Crippen LogP contribution >= 0.6 is 0 Å². The van der Waals surface area contributed by atoms with E-state index in [-0.39, 0.29) is 11.8 Å². The van der Waals surface area contributed by atoms with E-state index in [0.29, 0.717) is 11.5 Å². The van der Waals surface area contributed by atoms with Gasteiger partial charge in [0.05, 0.1) is 34.1 Å². The van der Waals surface area contributed by atoms with Gasteiger partial charge in [0.2, 0.25) is 5.91 Å². The number of carbonyl (C=O) groups excluding carboxylic acids is 1. The Bertz CT molecular complexity index is 1780. The lowest BCUT2D eigenvalue weighted by atomic mass is 10.0. The number of hydrogen-bond acceptors (Lipinski definition) is 5. The number of nitrogens with zero attached hydrogens (tertiary/aromatic N) is 4. The van der Waals surface area contributed by atoms with Crippen molar-refractivity contribution in [2.75, 3.05) is 5.32 Å². The molecule has 6 aromatic rings. The number of pyridine rings is 2. The molecule has 4 heterocycles. The van der Waals surface area contributed by atoms with Crippen molar-refractivity contribution < 1.29 is 4.79 Å². The quantitative estimate of drug-likeness (QED) is 0.256. The Morgan fingerprint density at radius 2 is 1.84 bits per heavy atom. The molecular weight excluding hydrogens is 474 g/mol. The average Bonchev–Trinajstić information content (AvgIpc) is 3.73. The highest BCUT2D eigenvalue weighted by Gasteiger charge is 2.23. The van der Waals surface area contributed by atoms with Crippen LogP contribution in [0, 0.1) is 5.92 Å². The number of para-hydroxylation sites is 1. The third-order valence-electron chi connectivity index (χ3n) is 7.31. The standard InChI is InChI=1S/C30H25N7O/c38-30(18-6-1-2-7-18)33-21-14-20(16-31-17-21)19-11-12-25-23(15-19)28(37-36-25)29-34-26-10-5-8-22(27(26)35-29)24-9-3-4-13-32-24/h3-5,8-18H,1-2,6-7H2,(H,33,38)(H,34,35)(H,36,37). The molecule has 0 bridgehead atoms. The molecule has 3 N–H and O–H groups in total. The van der Waals surface area contributed by atoms with Gasteiger partial charge in [-0.25, -0.2) is 4.98 Å². The summed E-state index contributed by atoms with van der Waals surface area (Å²) in [6, 6.07) is 20.0. The molecule has 1 aliphatic carbocycles. The van der Waals surface area contributed by atoms with E-state index in [1.807, 2.05) is 60.8 Å². The zero-order valence-corrected chi connectivity index (χ0v) is 20.6. The topological polar surface area (TPSA) is 112 Å². The molecule has 0 spiro atoms. The smallest absolute Gasteiger partial charge is 0.227 e. The normalized spacial score (nSPS) is 13.9. The predicted molar refractivity (Wildman–Crippen MR) is 148 cm³/mol. The lowest BCUT2D eigenvalue weighted by Crippen LogP contribution is -2.20. The largest absolute Gasteiger partial charge is 0.337 e. The van der Waals surface area contributed by atoms with Crippen LogP contribution in [0.3, 0.4) is 0 Å². The molecule has 1 saturated carbocycles. The van der Waals surface area contributed by atoms with Gasteiger partial charge in [-0.1, -0.05) is 37.1 Å². The maximum Gasteiger partial charge on any atom is 0.227 e. The van der Waals surface area contributed by atoms with Crippen molar-refractivity contribution in [3.63, 3.8) is 0 Å². The van der Waals surface area contributed by atoms with E-state index in [0.717, 1.165) is 75.7 Å². The summed E-state index contributed by atoms with van der Waals surface area (Å²) in [4.78, 5) is 29.9. The highest BCUT2D eigenvalue weighted by Crippen LogP contribution is 2.33. The second-order valence-corrected chi connectivity index (χ2v) is 9.77. The van der Waals surface area contributed by atoms with Crippen molar-refractivity contribution in [1.29, 1.82) is 0 Å². The van der Waals surface area contributed by atoms with Crippen LogP contribution in [0.1, 0.15) is 25.7 Å². The van der Waals surface area contributed by atoms with Crippen LogP contribution in [0.2, 0.25) is 0 Å². The minimum atomic E-state index is 0.0870. The highest BCUT2D eigenvalue weighted by molar-refractivity contribution is 5.98. The highest BCUT2D eigenvalue weighted by atomic mass is 16.1. The molecule has 8 heteroatoms. The van der Waals surface area contributed by atoms with E-state index in [4.69, 9.17) is 4.98 Å². The van der Waals surface area contributed by atoms with E-state index in [9.17, 15) is 4.79 Å². The Balaban J connectivity index is 1.25. The predicted octanol–water partition coefficient (Wildman–Crippen LogP) is 6.36. The van der Waals surface area contributed by atoms with Crippen molar-refractivity contribution in [3.8, 4) is 33.9 Å². The number of imidazole rings is 1. The Hall–Kier alpha value is -4.85. The van der Waals surface area contributed by atoms with Gasteiger partial charge >= 0.3 is 0 Å². The molecule has 0 saturated heterocycles. The molecule has 1 fully saturated rings. The number of benzene rings is 2. The summed E-state index contributed by atoms with van der Waals surface area (Å²) in [5.41, 5.74) is 7.88. The van der Waals surface area contributed by atoms with Gasteiger partial charge in [0, 0.05) is 34.8 Å². The third-order valence-corrected chi connectivity index (χ3v) is 7.31. The molecule has 2 aromatic carbocycles. The first-order valence-corrected chi connectivity index (χ1v) is 12.9. The molecule has 0 unspecified atom stereocenters. The van der Waals surface area contributed by atoms with E-state index in [2.05, 4.69) is 36.5 Å². The van der Waals surface area contributed by atoms with Crippen LogP contribution in [-0.2, 0) is 4.79 Å². The number of amides is 1. The molecule has 1 aliphatic rings. The maximum absolute atomic E-state index is 12.6. The van der Waals surface area contributed by atoms with Crippen molar-refractivity contribution in [2.24, 2.45) is 5.92 Å². The van der Waals surface area contributed by atoms with Gasteiger partial charge in [-0.15, -0.1) is 0 Å². The molecule has 7 rings (SSSR count). The number of hydrogen-bond donors (Lipinski definition) is 3. The van der Waals surface area contributed by atoms with Crippen molar-refractivity contribution in [1.82, 2.24) is 30.1 Å². The van der Waals surface area contributed by atoms with Gasteiger partial charge in [0.15, 0.2) is 5.82 Å². The van der Waals surface area contributed by atoms with Crippen LogP contribution in [-0.4, -0.2) is 36.0 Å². The fraction of sp³-hybridized carbons (Fsp3) is 0.167. The van der Waals surface area contributed by atoms with E-state index in [1.165, 1.54) is 0 Å². The number of rotatable bonds is 5. The fourth-order valence-corrected chi connectivity index (χ4v) is 5.35. The average molecular weight is 500 g/mol. The second kappa shape index (κ2) is 9.23. The molecular formula is C30H25N7O. The number of carbonyl (C=O) groups is 1.